The van der Waals surface area contributed by atoms with Crippen molar-refractivity contribution in [3.63, 3.8) is 0 Å². The van der Waals surface area contributed by atoms with Gasteiger partial charge in [-0.25, -0.2) is 0 Å². The minimum absolute atomic E-state index is 0.102. The van der Waals surface area contributed by atoms with Gasteiger partial charge in [-0.05, 0) is 44.4 Å². The highest BCUT2D eigenvalue weighted by molar-refractivity contribution is 5.82. The molecule has 0 aromatic rings. The fourth-order valence-corrected chi connectivity index (χ4v) is 4.06. The van der Waals surface area contributed by atoms with Gasteiger partial charge in [0.15, 0.2) is 0 Å². The Balaban J connectivity index is 1.72. The number of hydrogen-bond donors (Lipinski definition) is 1. The van der Waals surface area contributed by atoms with Gasteiger partial charge in [0, 0.05) is 18.5 Å². The van der Waals surface area contributed by atoms with Gasteiger partial charge in [-0.2, -0.15) is 0 Å². The highest BCUT2D eigenvalue weighted by atomic mass is 16.4. The van der Waals surface area contributed by atoms with Gasteiger partial charge < -0.3 is 10.0 Å². The van der Waals surface area contributed by atoms with Crippen LogP contribution in [0.15, 0.2) is 12.2 Å². The lowest BCUT2D eigenvalue weighted by Crippen LogP contribution is -2.51. The van der Waals surface area contributed by atoms with Crippen LogP contribution in [0.4, 0.5) is 0 Å². The van der Waals surface area contributed by atoms with Crippen molar-refractivity contribution in [2.75, 3.05) is 6.54 Å². The van der Waals surface area contributed by atoms with Gasteiger partial charge in [0.05, 0.1) is 5.92 Å². The maximum atomic E-state index is 12.7. The van der Waals surface area contributed by atoms with Crippen molar-refractivity contribution in [2.24, 2.45) is 23.7 Å². The molecule has 1 saturated carbocycles. The summed E-state index contributed by atoms with van der Waals surface area (Å²) in [5, 5.41) is 9.23. The van der Waals surface area contributed by atoms with Crippen LogP contribution < -0.4 is 0 Å². The number of fused-ring (bicyclic) bond motifs is 2. The smallest absolute Gasteiger partial charge is 0.308 e. The second-order valence-corrected chi connectivity index (χ2v) is 6.25. The van der Waals surface area contributed by atoms with Crippen molar-refractivity contribution < 1.29 is 14.7 Å². The number of rotatable bonds is 2. The third kappa shape index (κ3) is 2.07. The first kappa shape index (κ1) is 12.7. The van der Waals surface area contributed by atoms with Crippen LogP contribution in [-0.2, 0) is 9.59 Å². The van der Waals surface area contributed by atoms with Crippen LogP contribution in [0.3, 0.4) is 0 Å². The summed E-state index contributed by atoms with van der Waals surface area (Å²) in [6, 6.07) is -0.165. The largest absolute Gasteiger partial charge is 0.481 e. The Hall–Kier alpha value is -1.32. The fraction of sp³-hybridized carbons (Fsp3) is 0.733. The molecule has 0 spiro atoms. The number of allylic oxidation sites excluding steroid dienone is 2. The Morgan fingerprint density at radius 1 is 1.21 bits per heavy atom. The van der Waals surface area contributed by atoms with E-state index in [0.29, 0.717) is 18.3 Å². The molecule has 4 heteroatoms. The molecular formula is C15H21NO3. The molecule has 1 aliphatic heterocycles. The first-order chi connectivity index (χ1) is 9.08. The molecule has 3 unspecified atom stereocenters. The fourth-order valence-electron chi connectivity index (χ4n) is 4.06. The van der Waals surface area contributed by atoms with Crippen LogP contribution >= 0.6 is 0 Å². The number of piperidine rings is 1. The maximum absolute atomic E-state index is 12.7. The van der Waals surface area contributed by atoms with Crippen LogP contribution in [0.25, 0.3) is 0 Å². The Kier molecular flexibility index (Phi) is 3.11. The van der Waals surface area contributed by atoms with E-state index in [1.807, 2.05) is 11.8 Å². The molecule has 2 aliphatic carbocycles. The molecule has 3 rings (SSSR count). The van der Waals surface area contributed by atoms with Crippen LogP contribution in [-0.4, -0.2) is 34.5 Å². The molecule has 0 aromatic carbocycles. The van der Waals surface area contributed by atoms with E-state index in [1.54, 1.807) is 0 Å². The monoisotopic (exact) mass is 263 g/mol. The zero-order valence-electron chi connectivity index (χ0n) is 11.3. The first-order valence-electron chi connectivity index (χ1n) is 7.29. The van der Waals surface area contributed by atoms with Gasteiger partial charge in [0.25, 0.3) is 0 Å². The number of amides is 1. The summed E-state index contributed by atoms with van der Waals surface area (Å²) in [6.45, 7) is 2.61. The molecule has 1 N–H and O–H groups in total. The molecule has 1 heterocycles. The molecular weight excluding hydrogens is 242 g/mol. The number of carbonyl (C=O) groups excluding carboxylic acids is 1. The molecule has 5 atom stereocenters. The molecule has 2 fully saturated rings. The molecule has 0 aromatic heterocycles. The third-order valence-electron chi connectivity index (χ3n) is 5.18. The zero-order valence-corrected chi connectivity index (χ0v) is 11.3. The lowest BCUT2D eigenvalue weighted by atomic mass is 9.86. The van der Waals surface area contributed by atoms with E-state index in [-0.39, 0.29) is 17.9 Å². The summed E-state index contributed by atoms with van der Waals surface area (Å²) >= 11 is 0. The topological polar surface area (TPSA) is 57.6 Å². The van der Waals surface area contributed by atoms with Crippen LogP contribution in [0.2, 0.25) is 0 Å². The number of carboxylic acid groups (broad SMARTS) is 1. The number of hydrogen-bond acceptors (Lipinski definition) is 2. The molecule has 0 radical (unpaired) electrons. The zero-order chi connectivity index (χ0) is 13.6. The van der Waals surface area contributed by atoms with Crippen molar-refractivity contribution in [1.82, 2.24) is 4.90 Å². The highest BCUT2D eigenvalue weighted by Gasteiger charge is 2.44. The number of likely N-dealkylation sites (tertiary alicyclic amines) is 1. The van der Waals surface area contributed by atoms with Gasteiger partial charge in [-0.1, -0.05) is 12.2 Å². The van der Waals surface area contributed by atoms with E-state index in [0.717, 1.165) is 25.8 Å². The predicted molar refractivity (Wildman–Crippen MR) is 70.4 cm³/mol. The SMILES string of the molecule is C[C@@H]1[C@H](C(=O)O)CCCN1C(=O)C1CC2C=CC1C2. The number of nitrogens with zero attached hydrogens (tertiary/aromatic N) is 1. The van der Waals surface area contributed by atoms with Gasteiger partial charge in [0.1, 0.15) is 0 Å². The Labute approximate surface area is 113 Å². The Bertz CT molecular complexity index is 431. The Morgan fingerprint density at radius 2 is 2.00 bits per heavy atom. The van der Waals surface area contributed by atoms with Gasteiger partial charge in [-0.15, -0.1) is 0 Å². The molecule has 2 bridgehead atoms. The normalized spacial score (nSPS) is 40.7. The summed E-state index contributed by atoms with van der Waals surface area (Å²) < 4.78 is 0. The predicted octanol–water partition coefficient (Wildman–Crippen LogP) is 1.91. The molecule has 4 nitrogen and oxygen atoms in total. The number of carbonyl (C=O) groups is 2. The van der Waals surface area contributed by atoms with E-state index >= 15 is 0 Å². The third-order valence-corrected chi connectivity index (χ3v) is 5.18. The summed E-state index contributed by atoms with van der Waals surface area (Å²) in [5.41, 5.74) is 0. The van der Waals surface area contributed by atoms with E-state index in [9.17, 15) is 14.7 Å². The molecule has 104 valence electrons. The average Bonchev–Trinajstić information content (AvgIpc) is 3.00. The molecule has 1 saturated heterocycles. The first-order valence-corrected chi connectivity index (χ1v) is 7.29. The lowest BCUT2D eigenvalue weighted by molar-refractivity contribution is -0.150. The Morgan fingerprint density at radius 3 is 2.58 bits per heavy atom. The summed E-state index contributed by atoms with van der Waals surface area (Å²) in [6.07, 6.45) is 7.98. The quantitative estimate of drug-likeness (QED) is 0.774. The number of aliphatic carboxylic acids is 1. The van der Waals surface area contributed by atoms with Gasteiger partial charge >= 0.3 is 5.97 Å². The minimum atomic E-state index is -0.766. The van der Waals surface area contributed by atoms with Crippen LogP contribution in [0.5, 0.6) is 0 Å². The molecule has 1 amide bonds. The van der Waals surface area contributed by atoms with Gasteiger partial charge in [0.2, 0.25) is 5.91 Å². The van der Waals surface area contributed by atoms with Crippen molar-refractivity contribution in [3.8, 4) is 0 Å². The standard InChI is InChI=1S/C15H21NO3/c1-9-12(15(18)19)3-2-6-16(9)14(17)13-8-10-4-5-11(13)7-10/h4-5,9-13H,2-3,6-8H2,1H3,(H,18,19)/t9-,10?,11?,12-,13?/m1/s1. The highest BCUT2D eigenvalue weighted by Crippen LogP contribution is 2.44. The van der Waals surface area contributed by atoms with Crippen molar-refractivity contribution >= 4 is 11.9 Å². The lowest BCUT2D eigenvalue weighted by Gasteiger charge is -2.39. The van der Waals surface area contributed by atoms with Crippen molar-refractivity contribution in [3.05, 3.63) is 12.2 Å². The minimum Gasteiger partial charge on any atom is -0.481 e. The molecule has 3 aliphatic rings. The second-order valence-electron chi connectivity index (χ2n) is 6.25. The van der Waals surface area contributed by atoms with E-state index in [4.69, 9.17) is 0 Å². The summed E-state index contributed by atoms with van der Waals surface area (Å²) in [4.78, 5) is 25.7. The average molecular weight is 263 g/mol. The van der Waals surface area contributed by atoms with Crippen molar-refractivity contribution in [2.45, 2.75) is 38.6 Å². The van der Waals surface area contributed by atoms with E-state index in [1.165, 1.54) is 0 Å². The summed E-state index contributed by atoms with van der Waals surface area (Å²) in [7, 11) is 0. The van der Waals surface area contributed by atoms with E-state index in [2.05, 4.69) is 12.2 Å². The van der Waals surface area contributed by atoms with E-state index < -0.39 is 11.9 Å². The van der Waals surface area contributed by atoms with Gasteiger partial charge in [-0.3, -0.25) is 9.59 Å². The van der Waals surface area contributed by atoms with Crippen molar-refractivity contribution in [1.29, 1.82) is 0 Å². The van der Waals surface area contributed by atoms with Crippen LogP contribution in [0, 0.1) is 23.7 Å². The second kappa shape index (κ2) is 4.66. The van der Waals surface area contributed by atoms with Crippen LogP contribution in [0.1, 0.15) is 32.6 Å². The number of carboxylic acids is 1. The maximum Gasteiger partial charge on any atom is 0.308 e. The summed E-state index contributed by atoms with van der Waals surface area (Å²) in [5.74, 6) is 0.106. The molecule has 19 heavy (non-hydrogen) atoms.